The summed E-state index contributed by atoms with van der Waals surface area (Å²) in [7, 11) is 0. The normalized spacial score (nSPS) is 17.2. The van der Waals surface area contributed by atoms with Crippen molar-refractivity contribution in [2.45, 2.75) is 25.9 Å². The molecule has 3 rings (SSSR count). The third-order valence-corrected chi connectivity index (χ3v) is 4.58. The van der Waals surface area contributed by atoms with Crippen LogP contribution in [0, 0.1) is 6.92 Å². The van der Waals surface area contributed by atoms with Crippen LogP contribution in [-0.2, 0) is 14.3 Å². The minimum atomic E-state index is -0.743. The number of aromatic nitrogens is 1. The molecule has 28 heavy (non-hydrogen) atoms. The maximum absolute atomic E-state index is 11.8. The van der Waals surface area contributed by atoms with Crippen molar-refractivity contribution in [3.63, 3.8) is 0 Å². The number of nitrogens with one attached hydrogen (secondary N) is 2. The zero-order valence-electron chi connectivity index (χ0n) is 16.0. The van der Waals surface area contributed by atoms with E-state index in [2.05, 4.69) is 32.8 Å². The fourth-order valence-corrected chi connectivity index (χ4v) is 3.12. The largest absolute Gasteiger partial charge is 0.371 e. The molecule has 1 aliphatic rings. The van der Waals surface area contributed by atoms with E-state index in [1.165, 1.54) is 5.56 Å². The van der Waals surface area contributed by atoms with Gasteiger partial charge in [0, 0.05) is 25.7 Å². The van der Waals surface area contributed by atoms with E-state index in [1.54, 1.807) is 13.0 Å². The molecule has 2 aromatic rings. The molecule has 1 atom stereocenters. The van der Waals surface area contributed by atoms with Gasteiger partial charge < -0.3 is 14.6 Å². The Balaban J connectivity index is 1.31. The first-order chi connectivity index (χ1) is 13.6. The molecule has 1 aromatic carbocycles. The van der Waals surface area contributed by atoms with E-state index in [0.717, 1.165) is 39.1 Å². The molecule has 0 unspecified atom stereocenters. The van der Waals surface area contributed by atoms with Crippen LogP contribution in [0.3, 0.4) is 0 Å². The van der Waals surface area contributed by atoms with Crippen molar-refractivity contribution in [2.75, 3.05) is 38.1 Å². The minimum absolute atomic E-state index is 0.110. The monoisotopic (exact) mass is 386 g/mol. The summed E-state index contributed by atoms with van der Waals surface area (Å²) in [4.78, 5) is 26.0. The van der Waals surface area contributed by atoms with Crippen LogP contribution in [0.25, 0.3) is 0 Å². The Labute approximate surface area is 164 Å². The van der Waals surface area contributed by atoms with Gasteiger partial charge in [-0.3, -0.25) is 19.8 Å². The Morgan fingerprint density at radius 1 is 1.21 bits per heavy atom. The molecular weight excluding hydrogens is 360 g/mol. The summed E-state index contributed by atoms with van der Waals surface area (Å²) in [6, 6.07) is 11.8. The van der Waals surface area contributed by atoms with Gasteiger partial charge in [0.15, 0.2) is 5.82 Å². The number of carbonyl (C=O) groups is 2. The van der Waals surface area contributed by atoms with Crippen molar-refractivity contribution in [2.24, 2.45) is 0 Å². The first kappa shape index (κ1) is 20.0. The quantitative estimate of drug-likeness (QED) is 0.557. The van der Waals surface area contributed by atoms with E-state index >= 15 is 0 Å². The van der Waals surface area contributed by atoms with Crippen molar-refractivity contribution < 1.29 is 18.8 Å². The van der Waals surface area contributed by atoms with Crippen LogP contribution in [0.5, 0.6) is 0 Å². The Morgan fingerprint density at radius 2 is 2.04 bits per heavy atom. The summed E-state index contributed by atoms with van der Waals surface area (Å²) >= 11 is 0. The minimum Gasteiger partial charge on any atom is -0.371 e. The summed E-state index contributed by atoms with van der Waals surface area (Å²) in [5.41, 5.74) is 1.20. The van der Waals surface area contributed by atoms with Gasteiger partial charge in [-0.2, -0.15) is 0 Å². The van der Waals surface area contributed by atoms with Crippen LogP contribution >= 0.6 is 0 Å². The molecule has 0 radical (unpaired) electrons. The van der Waals surface area contributed by atoms with E-state index in [1.807, 2.05) is 18.2 Å². The van der Waals surface area contributed by atoms with Gasteiger partial charge in [-0.25, -0.2) is 0 Å². The molecule has 1 aromatic heterocycles. The summed E-state index contributed by atoms with van der Waals surface area (Å²) in [6.45, 7) is 5.60. The highest BCUT2D eigenvalue weighted by molar-refractivity contribution is 6.39. The average Bonchev–Trinajstić information content (AvgIpc) is 3.13. The van der Waals surface area contributed by atoms with Gasteiger partial charge in [0.1, 0.15) is 5.76 Å². The smallest absolute Gasteiger partial charge is 0.314 e. The number of nitrogens with zero attached hydrogens (tertiary/aromatic N) is 2. The Bertz CT molecular complexity index is 778. The Kier molecular flexibility index (Phi) is 7.16. The number of hydrogen-bond acceptors (Lipinski definition) is 6. The number of ether oxygens (including phenoxy) is 1. The lowest BCUT2D eigenvalue weighted by atomic mass is 10.1. The molecule has 150 valence electrons. The molecule has 2 amide bonds. The Hall–Kier alpha value is -2.71. The summed E-state index contributed by atoms with van der Waals surface area (Å²) < 4.78 is 10.7. The lowest BCUT2D eigenvalue weighted by Crippen LogP contribution is -2.39. The van der Waals surface area contributed by atoms with Crippen LogP contribution in [0.4, 0.5) is 5.82 Å². The van der Waals surface area contributed by atoms with Crippen LogP contribution in [0.1, 0.15) is 30.3 Å². The second-order valence-electron chi connectivity index (χ2n) is 6.81. The van der Waals surface area contributed by atoms with E-state index in [0.29, 0.717) is 12.3 Å². The number of benzene rings is 1. The summed E-state index contributed by atoms with van der Waals surface area (Å²) in [5.74, 6) is -0.616. The van der Waals surface area contributed by atoms with Gasteiger partial charge in [-0.1, -0.05) is 35.5 Å². The van der Waals surface area contributed by atoms with Crippen LogP contribution < -0.4 is 10.6 Å². The number of amides is 2. The Morgan fingerprint density at radius 3 is 2.79 bits per heavy atom. The lowest BCUT2D eigenvalue weighted by Gasteiger charge is -2.33. The molecule has 8 heteroatoms. The summed E-state index contributed by atoms with van der Waals surface area (Å²) in [5, 5.41) is 8.65. The highest BCUT2D eigenvalue weighted by atomic mass is 16.5. The van der Waals surface area contributed by atoms with Crippen LogP contribution in [-0.4, -0.2) is 54.7 Å². The number of rotatable bonds is 7. The third kappa shape index (κ3) is 5.90. The SMILES string of the molecule is Cc1cc(NC(=O)C(=O)NCCCCN2CCO[C@@H](c3ccccc3)C2)no1. The van der Waals surface area contributed by atoms with Gasteiger partial charge in [-0.15, -0.1) is 0 Å². The number of unbranched alkanes of at least 4 members (excludes halogenated alkanes) is 1. The topological polar surface area (TPSA) is 96.7 Å². The van der Waals surface area contributed by atoms with Crippen LogP contribution in [0.15, 0.2) is 40.9 Å². The number of morpholine rings is 1. The van der Waals surface area contributed by atoms with E-state index in [9.17, 15) is 9.59 Å². The van der Waals surface area contributed by atoms with Crippen molar-refractivity contribution in [3.05, 3.63) is 47.7 Å². The fourth-order valence-electron chi connectivity index (χ4n) is 3.12. The molecule has 0 bridgehead atoms. The molecule has 8 nitrogen and oxygen atoms in total. The highest BCUT2D eigenvalue weighted by Gasteiger charge is 2.21. The maximum atomic E-state index is 11.8. The average molecular weight is 386 g/mol. The van der Waals surface area contributed by atoms with Gasteiger partial charge in [-0.05, 0) is 31.9 Å². The van der Waals surface area contributed by atoms with Gasteiger partial charge in [0.05, 0.1) is 12.7 Å². The molecule has 1 saturated heterocycles. The van der Waals surface area contributed by atoms with E-state index < -0.39 is 11.8 Å². The van der Waals surface area contributed by atoms with Crippen molar-refractivity contribution in [1.29, 1.82) is 0 Å². The van der Waals surface area contributed by atoms with Crippen molar-refractivity contribution >= 4 is 17.6 Å². The molecule has 0 aliphatic carbocycles. The van der Waals surface area contributed by atoms with Crippen LogP contribution in [0.2, 0.25) is 0 Å². The predicted octanol–water partition coefficient (Wildman–Crippen LogP) is 1.89. The number of hydrogen-bond donors (Lipinski definition) is 2. The first-order valence-electron chi connectivity index (χ1n) is 9.53. The summed E-state index contributed by atoms with van der Waals surface area (Å²) in [6.07, 6.45) is 1.85. The fraction of sp³-hybridized carbons (Fsp3) is 0.450. The third-order valence-electron chi connectivity index (χ3n) is 4.58. The van der Waals surface area contributed by atoms with E-state index in [-0.39, 0.29) is 11.9 Å². The molecule has 2 N–H and O–H groups in total. The molecule has 0 spiro atoms. The van der Waals surface area contributed by atoms with Gasteiger partial charge in [0.2, 0.25) is 0 Å². The van der Waals surface area contributed by atoms with Gasteiger partial charge >= 0.3 is 11.8 Å². The lowest BCUT2D eigenvalue weighted by molar-refractivity contribution is -0.136. The molecular formula is C20H26N4O4. The highest BCUT2D eigenvalue weighted by Crippen LogP contribution is 2.21. The number of aryl methyl sites for hydroxylation is 1. The first-order valence-corrected chi connectivity index (χ1v) is 9.53. The standard InChI is InChI=1S/C20H26N4O4/c1-15-13-18(23-28-15)22-20(26)19(25)21-9-5-6-10-24-11-12-27-17(14-24)16-7-3-2-4-8-16/h2-4,7-8,13,17H,5-6,9-12,14H2,1H3,(H,21,25)(H,22,23,26)/t17-/m1/s1. The molecule has 2 heterocycles. The number of carbonyl (C=O) groups excluding carboxylic acids is 2. The second-order valence-corrected chi connectivity index (χ2v) is 6.81. The number of anilines is 1. The van der Waals surface area contributed by atoms with E-state index in [4.69, 9.17) is 9.26 Å². The molecule has 0 saturated carbocycles. The maximum Gasteiger partial charge on any atom is 0.314 e. The zero-order chi connectivity index (χ0) is 19.8. The predicted molar refractivity (Wildman–Crippen MR) is 104 cm³/mol. The second kappa shape index (κ2) is 10.0. The van der Waals surface area contributed by atoms with Crippen molar-refractivity contribution in [1.82, 2.24) is 15.4 Å². The van der Waals surface area contributed by atoms with Crippen molar-refractivity contribution in [3.8, 4) is 0 Å². The van der Waals surface area contributed by atoms with Gasteiger partial charge in [0.25, 0.3) is 0 Å². The molecule has 1 aliphatic heterocycles. The zero-order valence-corrected chi connectivity index (χ0v) is 16.0. The molecule has 1 fully saturated rings.